The lowest BCUT2D eigenvalue weighted by molar-refractivity contribution is -0.190. The fourth-order valence-corrected chi connectivity index (χ4v) is 7.64. The molecule has 4 heterocycles. The zero-order valence-electron chi connectivity index (χ0n) is 23.5. The zero-order valence-corrected chi connectivity index (χ0v) is 24.3. The van der Waals surface area contributed by atoms with Crippen LogP contribution in [-0.4, -0.2) is 78.8 Å². The fourth-order valence-electron chi connectivity index (χ4n) is 6.15. The quantitative estimate of drug-likeness (QED) is 0.419. The highest BCUT2D eigenvalue weighted by atomic mass is 32.2. The number of fused-ring (bicyclic) bond motifs is 3. The number of carbonyl (C=O) groups is 1. The minimum Gasteiger partial charge on any atom is -0.384 e. The van der Waals surface area contributed by atoms with Gasteiger partial charge in [0, 0.05) is 43.8 Å². The van der Waals surface area contributed by atoms with Crippen LogP contribution in [0.25, 0.3) is 5.65 Å². The third-order valence-corrected chi connectivity index (χ3v) is 9.98. The molecule has 2 aromatic heterocycles. The van der Waals surface area contributed by atoms with Gasteiger partial charge in [0.2, 0.25) is 5.91 Å². The first kappa shape index (κ1) is 29.3. The highest BCUT2D eigenvalue weighted by molar-refractivity contribution is 7.91. The van der Waals surface area contributed by atoms with E-state index >= 15 is 0 Å². The van der Waals surface area contributed by atoms with Crippen molar-refractivity contribution < 1.29 is 31.1 Å². The van der Waals surface area contributed by atoms with Crippen LogP contribution in [0.5, 0.6) is 0 Å². The molecular weight excluding hydrogens is 559 g/mol. The number of rotatable bonds is 6. The highest BCUT2D eigenvalue weighted by Gasteiger charge is 2.47. The number of ether oxygens (including phenoxy) is 1. The Morgan fingerprint density at radius 3 is 2.49 bits per heavy atom. The van der Waals surface area contributed by atoms with E-state index in [0.29, 0.717) is 35.8 Å². The van der Waals surface area contributed by atoms with Crippen LogP contribution >= 0.6 is 0 Å². The highest BCUT2D eigenvalue weighted by Crippen LogP contribution is 2.44. The van der Waals surface area contributed by atoms with Gasteiger partial charge in [0.25, 0.3) is 0 Å². The van der Waals surface area contributed by atoms with E-state index in [0.717, 1.165) is 24.1 Å². The summed E-state index contributed by atoms with van der Waals surface area (Å²) in [6.45, 7) is 5.05. The van der Waals surface area contributed by atoms with Crippen molar-refractivity contribution >= 4 is 32.8 Å². The molecule has 0 spiro atoms. The van der Waals surface area contributed by atoms with E-state index in [-0.39, 0.29) is 35.3 Å². The Morgan fingerprint density at radius 1 is 1.22 bits per heavy atom. The van der Waals surface area contributed by atoms with Crippen molar-refractivity contribution in [1.29, 1.82) is 0 Å². The molecule has 0 aliphatic carbocycles. The molecule has 0 radical (unpaired) electrons. The van der Waals surface area contributed by atoms with Gasteiger partial charge in [-0.05, 0) is 43.9 Å². The van der Waals surface area contributed by atoms with E-state index in [2.05, 4.69) is 17.0 Å². The number of anilines is 2. The number of hydrogen-bond donors (Lipinski definition) is 0. The van der Waals surface area contributed by atoms with Crippen LogP contribution in [0.2, 0.25) is 0 Å². The number of alkyl halides is 3. The van der Waals surface area contributed by atoms with Crippen molar-refractivity contribution in [3.05, 3.63) is 53.5 Å². The van der Waals surface area contributed by atoms with Crippen LogP contribution in [-0.2, 0) is 24.8 Å². The predicted octanol–water partition coefficient (Wildman–Crippen LogP) is 4.37. The van der Waals surface area contributed by atoms with Crippen LogP contribution in [0.3, 0.4) is 0 Å². The second-order valence-electron chi connectivity index (χ2n) is 11.4. The molecule has 1 saturated heterocycles. The van der Waals surface area contributed by atoms with Crippen molar-refractivity contribution in [1.82, 2.24) is 19.5 Å². The monoisotopic (exact) mass is 593 g/mol. The summed E-state index contributed by atoms with van der Waals surface area (Å²) in [7, 11) is -0.461. The molecule has 1 amide bonds. The van der Waals surface area contributed by atoms with Crippen LogP contribution in [0.4, 0.5) is 24.5 Å². The van der Waals surface area contributed by atoms with E-state index in [1.165, 1.54) is 12.1 Å². The summed E-state index contributed by atoms with van der Waals surface area (Å²) in [5, 5.41) is 4.66. The van der Waals surface area contributed by atoms with E-state index in [9.17, 15) is 26.4 Å². The summed E-state index contributed by atoms with van der Waals surface area (Å²) in [5.74, 6) is -1.84. The van der Waals surface area contributed by atoms with Gasteiger partial charge in [-0.3, -0.25) is 4.79 Å². The molecule has 5 rings (SSSR count). The topological polar surface area (TPSA) is 97.1 Å². The number of aromatic nitrogens is 3. The lowest BCUT2D eigenvalue weighted by atomic mass is 9.80. The summed E-state index contributed by atoms with van der Waals surface area (Å²) in [4.78, 5) is 20.3. The van der Waals surface area contributed by atoms with Crippen molar-refractivity contribution in [3.8, 4) is 0 Å². The molecule has 222 valence electrons. The number of sulfone groups is 1. The number of aryl methyl sites for hydroxylation is 1. The van der Waals surface area contributed by atoms with Gasteiger partial charge in [-0.15, -0.1) is 0 Å². The standard InChI is InChI=1S/C28H34F3N5O4S/c1-18-15-23-32-16-22-25(36(23)33-18)27(2,17-40-4)11-12-35(22)21-7-5-19(6-8-21)24(28(29,30)31)34(3)26(37)20-9-13-41(38,39)14-10-20/h5-8,15-16,20,24H,9-14,17H2,1-4H3/t24-,27-/m0/s1. The molecule has 1 fully saturated rings. The van der Waals surface area contributed by atoms with Crippen molar-refractivity contribution in [3.63, 3.8) is 0 Å². The molecule has 2 aliphatic rings. The molecule has 1 aromatic carbocycles. The molecular formula is C28H34F3N5O4S. The van der Waals surface area contributed by atoms with Gasteiger partial charge in [-0.25, -0.2) is 17.9 Å². The minimum absolute atomic E-state index is 0.0302. The molecule has 9 nitrogen and oxygen atoms in total. The lowest BCUT2D eigenvalue weighted by Gasteiger charge is -2.41. The van der Waals surface area contributed by atoms with Gasteiger partial charge in [0.05, 0.1) is 41.4 Å². The number of hydrogen-bond acceptors (Lipinski definition) is 7. The summed E-state index contributed by atoms with van der Waals surface area (Å²) in [5.41, 5.74) is 3.50. The number of halogens is 3. The van der Waals surface area contributed by atoms with E-state index in [1.807, 2.05) is 22.4 Å². The van der Waals surface area contributed by atoms with Crippen molar-refractivity contribution in [2.45, 2.75) is 50.7 Å². The zero-order chi connectivity index (χ0) is 29.7. The van der Waals surface area contributed by atoms with Gasteiger partial charge >= 0.3 is 6.18 Å². The first-order chi connectivity index (χ1) is 19.2. The van der Waals surface area contributed by atoms with E-state index in [1.54, 1.807) is 25.4 Å². The van der Waals surface area contributed by atoms with Gasteiger partial charge in [0.15, 0.2) is 11.7 Å². The van der Waals surface area contributed by atoms with Gasteiger partial charge < -0.3 is 14.5 Å². The molecule has 2 aliphatic heterocycles. The predicted molar refractivity (Wildman–Crippen MR) is 148 cm³/mol. The summed E-state index contributed by atoms with van der Waals surface area (Å²) < 4.78 is 73.9. The number of benzene rings is 1. The number of carbonyl (C=O) groups excluding carboxylic acids is 1. The van der Waals surface area contributed by atoms with Gasteiger partial charge in [0.1, 0.15) is 9.84 Å². The van der Waals surface area contributed by atoms with E-state index < -0.39 is 33.9 Å². The van der Waals surface area contributed by atoms with Crippen LogP contribution in [0.1, 0.15) is 49.2 Å². The fraction of sp³-hybridized carbons (Fsp3) is 0.536. The number of amides is 1. The normalized spacial score (nSPS) is 22.0. The maximum absolute atomic E-state index is 14.3. The average molecular weight is 594 g/mol. The molecule has 0 unspecified atom stereocenters. The Labute approximate surface area is 237 Å². The molecule has 13 heteroatoms. The molecule has 0 saturated carbocycles. The third-order valence-electron chi connectivity index (χ3n) is 8.27. The summed E-state index contributed by atoms with van der Waals surface area (Å²) >= 11 is 0. The van der Waals surface area contributed by atoms with Crippen LogP contribution in [0, 0.1) is 12.8 Å². The van der Waals surface area contributed by atoms with Crippen molar-refractivity contribution in [2.24, 2.45) is 5.92 Å². The van der Waals surface area contributed by atoms with Gasteiger partial charge in [-0.1, -0.05) is 19.1 Å². The minimum atomic E-state index is -4.72. The van der Waals surface area contributed by atoms with Crippen LogP contribution < -0.4 is 4.90 Å². The van der Waals surface area contributed by atoms with E-state index in [4.69, 9.17) is 4.74 Å². The Kier molecular flexibility index (Phi) is 7.56. The second kappa shape index (κ2) is 10.6. The Hall–Kier alpha value is -3.19. The smallest absolute Gasteiger partial charge is 0.384 e. The molecule has 0 bridgehead atoms. The summed E-state index contributed by atoms with van der Waals surface area (Å²) in [6.07, 6.45) is -2.18. The maximum Gasteiger partial charge on any atom is 0.413 e. The molecule has 0 N–H and O–H groups in total. The Morgan fingerprint density at radius 2 is 1.88 bits per heavy atom. The molecule has 3 aromatic rings. The van der Waals surface area contributed by atoms with Crippen LogP contribution in [0.15, 0.2) is 36.5 Å². The second-order valence-corrected chi connectivity index (χ2v) is 13.7. The molecule has 2 atom stereocenters. The third kappa shape index (κ3) is 5.53. The summed E-state index contributed by atoms with van der Waals surface area (Å²) in [6, 6.07) is 5.78. The Bertz CT molecular complexity index is 1540. The first-order valence-electron chi connectivity index (χ1n) is 13.5. The largest absolute Gasteiger partial charge is 0.413 e. The number of nitrogens with zero attached hydrogens (tertiary/aromatic N) is 5. The van der Waals surface area contributed by atoms with Gasteiger partial charge in [-0.2, -0.15) is 18.3 Å². The molecule has 41 heavy (non-hydrogen) atoms. The van der Waals surface area contributed by atoms with Crippen molar-refractivity contribution in [2.75, 3.05) is 43.7 Å². The average Bonchev–Trinajstić information content (AvgIpc) is 3.28. The lowest BCUT2D eigenvalue weighted by Crippen LogP contribution is -2.44. The maximum atomic E-state index is 14.3. The Balaban J connectivity index is 1.46. The number of methoxy groups -OCH3 is 1. The SMILES string of the molecule is COC[C@]1(C)CCN(c2ccc([C@H](N(C)C(=O)C3CCS(=O)(=O)CC3)C(F)(F)F)cc2)c2cnc3cc(C)nn3c21. The first-order valence-corrected chi connectivity index (χ1v) is 15.3.